The largest absolute Gasteiger partial charge is 0.377 e. The van der Waals surface area contributed by atoms with Crippen molar-refractivity contribution < 1.29 is 4.74 Å². The van der Waals surface area contributed by atoms with E-state index in [2.05, 4.69) is 18.7 Å². The van der Waals surface area contributed by atoms with Gasteiger partial charge in [0.25, 0.3) is 0 Å². The maximum atomic E-state index is 5.54. The number of rotatable bonds is 4. The van der Waals surface area contributed by atoms with Gasteiger partial charge in [0.1, 0.15) is 0 Å². The summed E-state index contributed by atoms with van der Waals surface area (Å²) >= 11 is 0. The summed E-state index contributed by atoms with van der Waals surface area (Å²) < 4.78 is 5.54. The number of hydrogen-bond acceptors (Lipinski definition) is 2. The summed E-state index contributed by atoms with van der Waals surface area (Å²) in [6.07, 6.45) is 5.97. The van der Waals surface area contributed by atoms with E-state index in [-0.39, 0.29) is 0 Å². The molecule has 0 radical (unpaired) electrons. The smallest absolute Gasteiger partial charge is 0.0596 e. The fourth-order valence-electron chi connectivity index (χ4n) is 1.78. The van der Waals surface area contributed by atoms with E-state index >= 15 is 0 Å². The highest BCUT2D eigenvalue weighted by molar-refractivity contribution is 4.62. The SMILES string of the molecule is CC(C)OCCN1CCCCCC1. The minimum absolute atomic E-state index is 0.381. The predicted octanol–water partition coefficient (Wildman–Crippen LogP) is 2.29. The van der Waals surface area contributed by atoms with Crippen molar-refractivity contribution >= 4 is 0 Å². The van der Waals surface area contributed by atoms with Crippen molar-refractivity contribution in [2.45, 2.75) is 45.6 Å². The van der Waals surface area contributed by atoms with E-state index in [0.717, 1.165) is 13.2 Å². The van der Waals surface area contributed by atoms with Crippen molar-refractivity contribution in [2.24, 2.45) is 0 Å². The Kier molecular flexibility index (Phi) is 5.40. The molecule has 0 bridgehead atoms. The van der Waals surface area contributed by atoms with Gasteiger partial charge in [-0.25, -0.2) is 0 Å². The molecule has 0 spiro atoms. The lowest BCUT2D eigenvalue weighted by molar-refractivity contribution is 0.0597. The maximum absolute atomic E-state index is 5.54. The molecule has 1 rings (SSSR count). The molecule has 0 saturated carbocycles. The third kappa shape index (κ3) is 5.27. The second-order valence-electron chi connectivity index (χ2n) is 4.18. The Morgan fingerprint density at radius 2 is 1.69 bits per heavy atom. The summed E-state index contributed by atoms with van der Waals surface area (Å²) in [6.45, 7) is 8.78. The number of likely N-dealkylation sites (tertiary alicyclic amines) is 1. The molecule has 2 heteroatoms. The van der Waals surface area contributed by atoms with E-state index in [0.29, 0.717) is 6.10 Å². The van der Waals surface area contributed by atoms with Crippen LogP contribution in [0.4, 0.5) is 0 Å². The molecule has 0 unspecified atom stereocenters. The molecule has 0 N–H and O–H groups in total. The van der Waals surface area contributed by atoms with Crippen LogP contribution in [-0.2, 0) is 4.74 Å². The van der Waals surface area contributed by atoms with Gasteiger partial charge < -0.3 is 9.64 Å². The maximum Gasteiger partial charge on any atom is 0.0596 e. The topological polar surface area (TPSA) is 12.5 Å². The third-order valence-electron chi connectivity index (χ3n) is 2.56. The molecule has 1 heterocycles. The minimum atomic E-state index is 0.381. The van der Waals surface area contributed by atoms with Crippen LogP contribution < -0.4 is 0 Å². The lowest BCUT2D eigenvalue weighted by Crippen LogP contribution is -2.29. The summed E-state index contributed by atoms with van der Waals surface area (Å²) in [6, 6.07) is 0. The zero-order chi connectivity index (χ0) is 9.52. The zero-order valence-corrected chi connectivity index (χ0v) is 9.09. The standard InChI is InChI=1S/C11H23NO/c1-11(2)13-10-9-12-7-5-3-4-6-8-12/h11H,3-10H2,1-2H3. The summed E-state index contributed by atoms with van der Waals surface area (Å²) in [5.74, 6) is 0. The van der Waals surface area contributed by atoms with Crippen LogP contribution in [0.3, 0.4) is 0 Å². The fourth-order valence-corrected chi connectivity index (χ4v) is 1.78. The molecule has 0 atom stereocenters. The van der Waals surface area contributed by atoms with Crippen LogP contribution in [0.2, 0.25) is 0 Å². The van der Waals surface area contributed by atoms with Crippen molar-refractivity contribution in [3.8, 4) is 0 Å². The molecule has 78 valence electrons. The molecular formula is C11H23NO. The van der Waals surface area contributed by atoms with Gasteiger partial charge >= 0.3 is 0 Å². The quantitative estimate of drug-likeness (QED) is 0.666. The Labute approximate surface area is 82.3 Å². The van der Waals surface area contributed by atoms with Gasteiger partial charge in [0.15, 0.2) is 0 Å². The zero-order valence-electron chi connectivity index (χ0n) is 9.09. The van der Waals surface area contributed by atoms with Crippen LogP contribution in [0.15, 0.2) is 0 Å². The average molecular weight is 185 g/mol. The lowest BCUT2D eigenvalue weighted by Gasteiger charge is -2.20. The van der Waals surface area contributed by atoms with Crippen molar-refractivity contribution in [1.82, 2.24) is 4.90 Å². The molecule has 1 aliphatic rings. The predicted molar refractivity (Wildman–Crippen MR) is 56.0 cm³/mol. The van der Waals surface area contributed by atoms with Gasteiger partial charge in [-0.05, 0) is 39.8 Å². The second kappa shape index (κ2) is 6.39. The fraction of sp³-hybridized carbons (Fsp3) is 1.00. The number of nitrogens with zero attached hydrogens (tertiary/aromatic N) is 1. The highest BCUT2D eigenvalue weighted by Crippen LogP contribution is 2.08. The van der Waals surface area contributed by atoms with Crippen LogP contribution in [0.25, 0.3) is 0 Å². The molecule has 0 amide bonds. The molecule has 0 aliphatic carbocycles. The number of ether oxygens (including phenoxy) is 1. The molecule has 1 aliphatic heterocycles. The van der Waals surface area contributed by atoms with E-state index in [4.69, 9.17) is 4.74 Å². The Balaban J connectivity index is 2.05. The van der Waals surface area contributed by atoms with Crippen LogP contribution in [0.1, 0.15) is 39.5 Å². The Morgan fingerprint density at radius 3 is 2.23 bits per heavy atom. The van der Waals surface area contributed by atoms with E-state index in [1.165, 1.54) is 38.8 Å². The monoisotopic (exact) mass is 185 g/mol. The second-order valence-corrected chi connectivity index (χ2v) is 4.18. The van der Waals surface area contributed by atoms with Gasteiger partial charge in [-0.1, -0.05) is 12.8 Å². The molecular weight excluding hydrogens is 162 g/mol. The first kappa shape index (κ1) is 11.0. The van der Waals surface area contributed by atoms with Gasteiger partial charge in [0.05, 0.1) is 12.7 Å². The minimum Gasteiger partial charge on any atom is -0.377 e. The van der Waals surface area contributed by atoms with Crippen molar-refractivity contribution in [1.29, 1.82) is 0 Å². The molecule has 1 saturated heterocycles. The highest BCUT2D eigenvalue weighted by Gasteiger charge is 2.08. The van der Waals surface area contributed by atoms with Crippen LogP contribution in [-0.4, -0.2) is 37.2 Å². The van der Waals surface area contributed by atoms with Crippen LogP contribution in [0.5, 0.6) is 0 Å². The van der Waals surface area contributed by atoms with Gasteiger partial charge in [0.2, 0.25) is 0 Å². The van der Waals surface area contributed by atoms with E-state index < -0.39 is 0 Å². The number of hydrogen-bond donors (Lipinski definition) is 0. The third-order valence-corrected chi connectivity index (χ3v) is 2.56. The summed E-state index contributed by atoms with van der Waals surface area (Å²) in [5, 5.41) is 0. The van der Waals surface area contributed by atoms with E-state index in [1.807, 2.05) is 0 Å². The van der Waals surface area contributed by atoms with Gasteiger partial charge in [-0.3, -0.25) is 0 Å². The van der Waals surface area contributed by atoms with Gasteiger partial charge in [0, 0.05) is 6.54 Å². The first-order valence-electron chi connectivity index (χ1n) is 5.63. The molecule has 13 heavy (non-hydrogen) atoms. The van der Waals surface area contributed by atoms with Crippen LogP contribution >= 0.6 is 0 Å². The normalized spacial score (nSPS) is 20.5. The average Bonchev–Trinajstić information content (AvgIpc) is 2.32. The van der Waals surface area contributed by atoms with E-state index in [9.17, 15) is 0 Å². The van der Waals surface area contributed by atoms with Crippen molar-refractivity contribution in [3.63, 3.8) is 0 Å². The van der Waals surface area contributed by atoms with E-state index in [1.54, 1.807) is 0 Å². The molecule has 1 fully saturated rings. The first-order chi connectivity index (χ1) is 6.29. The lowest BCUT2D eigenvalue weighted by atomic mass is 10.2. The van der Waals surface area contributed by atoms with Crippen LogP contribution in [0, 0.1) is 0 Å². The Bertz CT molecular complexity index is 117. The first-order valence-corrected chi connectivity index (χ1v) is 5.63. The summed E-state index contributed by atoms with van der Waals surface area (Å²) in [7, 11) is 0. The summed E-state index contributed by atoms with van der Waals surface area (Å²) in [5.41, 5.74) is 0. The molecule has 0 aromatic rings. The van der Waals surface area contributed by atoms with Crippen molar-refractivity contribution in [2.75, 3.05) is 26.2 Å². The molecule has 2 nitrogen and oxygen atoms in total. The van der Waals surface area contributed by atoms with Gasteiger partial charge in [-0.2, -0.15) is 0 Å². The Hall–Kier alpha value is -0.0800. The van der Waals surface area contributed by atoms with Gasteiger partial charge in [-0.15, -0.1) is 0 Å². The molecule has 0 aromatic carbocycles. The highest BCUT2D eigenvalue weighted by atomic mass is 16.5. The Morgan fingerprint density at radius 1 is 1.08 bits per heavy atom. The van der Waals surface area contributed by atoms with Crippen molar-refractivity contribution in [3.05, 3.63) is 0 Å². The molecule has 0 aromatic heterocycles. The summed E-state index contributed by atoms with van der Waals surface area (Å²) in [4.78, 5) is 2.54.